The lowest BCUT2D eigenvalue weighted by atomic mass is 10.1. The maximum absolute atomic E-state index is 13.3. The molecule has 0 aliphatic carbocycles. The van der Waals surface area contributed by atoms with Crippen LogP contribution in [0, 0.1) is 0 Å². The standard InChI is InChI=1S/C32H40N2O3S/c1-3-5-6-10-21-33-32(36)34(22-13-17-26-14-8-7-9-15-26)28-18-12-20-30(25-28)38-29-19-11-16-27(23-29)24-31(35)37-4-2/h7-9,11-12,14-16,18-20,23,25H,3-6,10,13,17,21-22,24H2,1-2H3,(H,33,36). The Morgan fingerprint density at radius 2 is 1.55 bits per heavy atom. The van der Waals surface area contributed by atoms with Crippen LogP contribution in [0.4, 0.5) is 10.5 Å². The number of nitrogens with one attached hydrogen (secondary N) is 1. The highest BCUT2D eigenvalue weighted by atomic mass is 32.2. The second-order valence-electron chi connectivity index (χ2n) is 9.26. The van der Waals surface area contributed by atoms with Crippen LogP contribution in [0.2, 0.25) is 0 Å². The number of carbonyl (C=O) groups excluding carboxylic acids is 2. The summed E-state index contributed by atoms with van der Waals surface area (Å²) in [5.74, 6) is -0.219. The zero-order valence-corrected chi connectivity index (χ0v) is 23.5. The van der Waals surface area contributed by atoms with Gasteiger partial charge in [-0.25, -0.2) is 4.79 Å². The molecule has 0 aliphatic rings. The fourth-order valence-electron chi connectivity index (χ4n) is 4.22. The van der Waals surface area contributed by atoms with E-state index in [1.54, 1.807) is 11.8 Å². The van der Waals surface area contributed by atoms with Crippen LogP contribution in [0.5, 0.6) is 0 Å². The van der Waals surface area contributed by atoms with Gasteiger partial charge in [-0.15, -0.1) is 0 Å². The fourth-order valence-corrected chi connectivity index (χ4v) is 5.18. The smallest absolute Gasteiger partial charge is 0.321 e. The summed E-state index contributed by atoms with van der Waals surface area (Å²) in [5, 5.41) is 3.13. The highest BCUT2D eigenvalue weighted by Gasteiger charge is 2.16. The van der Waals surface area contributed by atoms with E-state index in [1.165, 1.54) is 18.4 Å². The third kappa shape index (κ3) is 10.3. The largest absolute Gasteiger partial charge is 0.466 e. The van der Waals surface area contributed by atoms with E-state index in [-0.39, 0.29) is 18.4 Å². The summed E-state index contributed by atoms with van der Waals surface area (Å²) >= 11 is 1.62. The van der Waals surface area contributed by atoms with E-state index in [2.05, 4.69) is 48.6 Å². The SMILES string of the molecule is CCCCCCNC(=O)N(CCCc1ccccc1)c1cccc(Sc2cccc(CC(=O)OCC)c2)c1. The first-order valence-electron chi connectivity index (χ1n) is 13.7. The van der Waals surface area contributed by atoms with Gasteiger partial charge in [0, 0.05) is 28.6 Å². The van der Waals surface area contributed by atoms with Gasteiger partial charge in [-0.3, -0.25) is 9.69 Å². The Hall–Kier alpha value is -3.25. The number of hydrogen-bond acceptors (Lipinski definition) is 4. The lowest BCUT2D eigenvalue weighted by Crippen LogP contribution is -2.41. The van der Waals surface area contributed by atoms with Crippen molar-refractivity contribution in [2.45, 2.75) is 68.6 Å². The van der Waals surface area contributed by atoms with Crippen molar-refractivity contribution in [3.05, 3.63) is 90.0 Å². The fraction of sp³-hybridized carbons (Fsp3) is 0.375. The van der Waals surface area contributed by atoms with Gasteiger partial charge in [-0.05, 0) is 67.6 Å². The minimum atomic E-state index is -0.219. The quantitative estimate of drug-likeness (QED) is 0.161. The Balaban J connectivity index is 1.70. The molecule has 38 heavy (non-hydrogen) atoms. The molecule has 0 atom stereocenters. The summed E-state index contributed by atoms with van der Waals surface area (Å²) < 4.78 is 5.09. The van der Waals surface area contributed by atoms with Crippen molar-refractivity contribution in [1.29, 1.82) is 0 Å². The van der Waals surface area contributed by atoms with Gasteiger partial charge in [0.25, 0.3) is 0 Å². The third-order valence-electron chi connectivity index (χ3n) is 6.16. The first-order chi connectivity index (χ1) is 18.6. The molecule has 0 saturated carbocycles. The highest BCUT2D eigenvalue weighted by molar-refractivity contribution is 7.99. The van der Waals surface area contributed by atoms with Crippen LogP contribution in [0.3, 0.4) is 0 Å². The number of unbranched alkanes of at least 4 members (excludes halogenated alkanes) is 3. The molecular weight excluding hydrogens is 492 g/mol. The van der Waals surface area contributed by atoms with E-state index in [4.69, 9.17) is 4.74 Å². The lowest BCUT2D eigenvalue weighted by molar-refractivity contribution is -0.142. The van der Waals surface area contributed by atoms with Gasteiger partial charge in [-0.2, -0.15) is 0 Å². The molecule has 6 heteroatoms. The first kappa shape index (κ1) is 29.3. The van der Waals surface area contributed by atoms with E-state index in [0.29, 0.717) is 19.7 Å². The zero-order chi connectivity index (χ0) is 27.0. The second-order valence-corrected chi connectivity index (χ2v) is 10.4. The average molecular weight is 533 g/mol. The normalized spacial score (nSPS) is 10.7. The van der Waals surface area contributed by atoms with E-state index in [1.807, 2.05) is 54.3 Å². The molecule has 2 amide bonds. The number of urea groups is 1. The van der Waals surface area contributed by atoms with Crippen molar-refractivity contribution in [2.75, 3.05) is 24.6 Å². The van der Waals surface area contributed by atoms with Gasteiger partial charge < -0.3 is 10.1 Å². The number of benzene rings is 3. The van der Waals surface area contributed by atoms with E-state index < -0.39 is 0 Å². The molecule has 0 aromatic heterocycles. The Morgan fingerprint density at radius 3 is 2.32 bits per heavy atom. The van der Waals surface area contributed by atoms with E-state index >= 15 is 0 Å². The van der Waals surface area contributed by atoms with E-state index in [0.717, 1.165) is 46.7 Å². The van der Waals surface area contributed by atoms with Crippen LogP contribution >= 0.6 is 11.8 Å². The number of nitrogens with zero attached hydrogens (tertiary/aromatic N) is 1. The van der Waals surface area contributed by atoms with Crippen LogP contribution in [0.25, 0.3) is 0 Å². The number of amides is 2. The zero-order valence-electron chi connectivity index (χ0n) is 22.7. The molecule has 0 aliphatic heterocycles. The molecule has 0 saturated heterocycles. The van der Waals surface area contributed by atoms with Gasteiger partial charge >= 0.3 is 12.0 Å². The number of rotatable bonds is 15. The Bertz CT molecular complexity index is 1140. The van der Waals surface area contributed by atoms with Gasteiger partial charge in [0.15, 0.2) is 0 Å². The van der Waals surface area contributed by atoms with Gasteiger partial charge in [0.1, 0.15) is 0 Å². The molecule has 202 valence electrons. The summed E-state index contributed by atoms with van der Waals surface area (Å²) in [6, 6.07) is 26.4. The van der Waals surface area contributed by atoms with Crippen LogP contribution in [0.1, 0.15) is 57.1 Å². The number of aryl methyl sites for hydroxylation is 1. The molecule has 0 fully saturated rings. The van der Waals surface area contributed by atoms with Gasteiger partial charge in [-0.1, -0.05) is 86.5 Å². The molecular formula is C32H40N2O3S. The second kappa shape index (κ2) is 16.6. The molecule has 0 heterocycles. The summed E-state index contributed by atoms with van der Waals surface area (Å²) in [6.07, 6.45) is 6.55. The van der Waals surface area contributed by atoms with Crippen molar-refractivity contribution in [3.8, 4) is 0 Å². The van der Waals surface area contributed by atoms with Crippen molar-refractivity contribution in [3.63, 3.8) is 0 Å². The van der Waals surface area contributed by atoms with Crippen LogP contribution < -0.4 is 10.2 Å². The van der Waals surface area contributed by atoms with Crippen LogP contribution in [0.15, 0.2) is 88.7 Å². The Morgan fingerprint density at radius 1 is 0.816 bits per heavy atom. The monoisotopic (exact) mass is 532 g/mol. The number of carbonyl (C=O) groups is 2. The van der Waals surface area contributed by atoms with Gasteiger partial charge in [0.2, 0.25) is 0 Å². The molecule has 0 radical (unpaired) electrons. The predicted octanol–water partition coefficient (Wildman–Crippen LogP) is 7.67. The molecule has 0 unspecified atom stereocenters. The Labute approximate surface area is 232 Å². The highest BCUT2D eigenvalue weighted by Crippen LogP contribution is 2.31. The number of ether oxygens (including phenoxy) is 1. The van der Waals surface area contributed by atoms with Gasteiger partial charge in [0.05, 0.1) is 13.0 Å². The summed E-state index contributed by atoms with van der Waals surface area (Å²) in [7, 11) is 0. The molecule has 3 rings (SSSR count). The van der Waals surface area contributed by atoms with Crippen molar-refractivity contribution < 1.29 is 14.3 Å². The Kier molecular flexibility index (Phi) is 12.8. The van der Waals surface area contributed by atoms with Crippen molar-refractivity contribution in [1.82, 2.24) is 5.32 Å². The lowest BCUT2D eigenvalue weighted by Gasteiger charge is -2.24. The number of hydrogen-bond donors (Lipinski definition) is 1. The molecule has 1 N–H and O–H groups in total. The summed E-state index contributed by atoms with van der Waals surface area (Å²) in [6.45, 7) is 5.71. The van der Waals surface area contributed by atoms with Crippen molar-refractivity contribution >= 4 is 29.4 Å². The molecule has 3 aromatic rings. The maximum Gasteiger partial charge on any atom is 0.321 e. The molecule has 0 spiro atoms. The number of esters is 1. The predicted molar refractivity (Wildman–Crippen MR) is 157 cm³/mol. The number of anilines is 1. The topological polar surface area (TPSA) is 58.6 Å². The molecule has 0 bridgehead atoms. The minimum absolute atomic E-state index is 0.0480. The third-order valence-corrected chi connectivity index (χ3v) is 7.14. The first-order valence-corrected chi connectivity index (χ1v) is 14.5. The summed E-state index contributed by atoms with van der Waals surface area (Å²) in [5.41, 5.74) is 3.09. The van der Waals surface area contributed by atoms with Crippen LogP contribution in [-0.4, -0.2) is 31.7 Å². The van der Waals surface area contributed by atoms with Crippen LogP contribution in [-0.2, 0) is 22.4 Å². The summed E-state index contributed by atoms with van der Waals surface area (Å²) in [4.78, 5) is 29.1. The molecule has 3 aromatic carbocycles. The minimum Gasteiger partial charge on any atom is -0.466 e. The maximum atomic E-state index is 13.3. The average Bonchev–Trinajstić information content (AvgIpc) is 2.92. The molecule has 5 nitrogen and oxygen atoms in total. The van der Waals surface area contributed by atoms with Crippen molar-refractivity contribution in [2.24, 2.45) is 0 Å². The van der Waals surface area contributed by atoms with E-state index in [9.17, 15) is 9.59 Å².